The molecule has 0 radical (unpaired) electrons. The molecule has 0 unspecified atom stereocenters. The fraction of sp³-hybridized carbons (Fsp3) is 0.312. The standard InChI is InChI=1S/C16H20ClN7O2/c17-10-1-3-11(4-2-10)26-9-12(25)23-5-7-24(8-6-23)15-13(18)14(19)21-16(20)22-15/h1-4H,5-9,18H2,(H4,19,20,21,22). The number of rotatable bonds is 4. The third-order valence-electron chi connectivity index (χ3n) is 4.08. The van der Waals surface area contributed by atoms with Gasteiger partial charge in [0.15, 0.2) is 18.2 Å². The average molecular weight is 378 g/mol. The van der Waals surface area contributed by atoms with Crippen LogP contribution >= 0.6 is 11.6 Å². The molecular weight excluding hydrogens is 358 g/mol. The first kappa shape index (κ1) is 17.9. The molecule has 1 aromatic carbocycles. The van der Waals surface area contributed by atoms with E-state index in [9.17, 15) is 4.79 Å². The van der Waals surface area contributed by atoms with E-state index in [0.29, 0.717) is 48.5 Å². The van der Waals surface area contributed by atoms with Gasteiger partial charge in [-0.3, -0.25) is 4.79 Å². The number of anilines is 4. The number of hydrogen-bond donors (Lipinski definition) is 3. The van der Waals surface area contributed by atoms with Gasteiger partial charge in [0.2, 0.25) is 5.95 Å². The molecule has 1 aliphatic heterocycles. The first-order valence-corrected chi connectivity index (χ1v) is 8.41. The number of benzene rings is 1. The zero-order chi connectivity index (χ0) is 18.7. The van der Waals surface area contributed by atoms with E-state index in [1.54, 1.807) is 29.2 Å². The van der Waals surface area contributed by atoms with Crippen LogP contribution in [0, 0.1) is 0 Å². The Morgan fingerprint density at radius 3 is 2.38 bits per heavy atom. The van der Waals surface area contributed by atoms with Crippen LogP contribution in [0.15, 0.2) is 24.3 Å². The van der Waals surface area contributed by atoms with Crippen LogP contribution in [0.5, 0.6) is 5.75 Å². The van der Waals surface area contributed by atoms with E-state index < -0.39 is 0 Å². The quantitative estimate of drug-likeness (QED) is 0.704. The Morgan fingerprint density at radius 1 is 1.08 bits per heavy atom. The van der Waals surface area contributed by atoms with Crippen molar-refractivity contribution in [2.24, 2.45) is 0 Å². The normalized spacial score (nSPS) is 14.3. The summed E-state index contributed by atoms with van der Waals surface area (Å²) < 4.78 is 5.50. The Bertz CT molecular complexity index is 792. The molecule has 1 saturated heterocycles. The van der Waals surface area contributed by atoms with Crippen LogP contribution in [0.25, 0.3) is 0 Å². The second-order valence-corrected chi connectivity index (χ2v) is 6.25. The molecule has 6 N–H and O–H groups in total. The van der Waals surface area contributed by atoms with Crippen LogP contribution in [-0.2, 0) is 4.79 Å². The lowest BCUT2D eigenvalue weighted by atomic mass is 10.3. The summed E-state index contributed by atoms with van der Waals surface area (Å²) in [6.07, 6.45) is 0. The molecular formula is C16H20ClN7O2. The molecule has 26 heavy (non-hydrogen) atoms. The first-order valence-electron chi connectivity index (χ1n) is 8.03. The fourth-order valence-electron chi connectivity index (χ4n) is 2.67. The maximum absolute atomic E-state index is 12.3. The maximum Gasteiger partial charge on any atom is 0.260 e. The van der Waals surface area contributed by atoms with Crippen LogP contribution in [-0.4, -0.2) is 53.6 Å². The number of nitrogens with two attached hydrogens (primary N) is 3. The van der Waals surface area contributed by atoms with Crippen LogP contribution in [0.1, 0.15) is 0 Å². The van der Waals surface area contributed by atoms with Gasteiger partial charge in [-0.05, 0) is 24.3 Å². The predicted molar refractivity (Wildman–Crippen MR) is 101 cm³/mol. The van der Waals surface area contributed by atoms with Gasteiger partial charge in [-0.2, -0.15) is 9.97 Å². The summed E-state index contributed by atoms with van der Waals surface area (Å²) in [6, 6.07) is 6.87. The Labute approximate surface area is 155 Å². The topological polar surface area (TPSA) is 137 Å². The highest BCUT2D eigenvalue weighted by atomic mass is 35.5. The summed E-state index contributed by atoms with van der Waals surface area (Å²) in [7, 11) is 0. The number of nitrogens with zero attached hydrogens (tertiary/aromatic N) is 4. The Morgan fingerprint density at radius 2 is 1.73 bits per heavy atom. The average Bonchev–Trinajstić information content (AvgIpc) is 2.64. The van der Waals surface area contributed by atoms with E-state index in [1.165, 1.54) is 0 Å². The summed E-state index contributed by atoms with van der Waals surface area (Å²) in [5.74, 6) is 1.24. The number of aromatic nitrogens is 2. The molecule has 138 valence electrons. The molecule has 0 spiro atoms. The van der Waals surface area contributed by atoms with Gasteiger partial charge in [0.25, 0.3) is 5.91 Å². The summed E-state index contributed by atoms with van der Waals surface area (Å²) in [5.41, 5.74) is 17.6. The summed E-state index contributed by atoms with van der Waals surface area (Å²) in [4.78, 5) is 24.0. The smallest absolute Gasteiger partial charge is 0.260 e. The molecule has 9 nitrogen and oxygen atoms in total. The number of hydrogen-bond acceptors (Lipinski definition) is 8. The molecule has 3 rings (SSSR count). The largest absolute Gasteiger partial charge is 0.484 e. The molecule has 0 aliphatic carbocycles. The van der Waals surface area contributed by atoms with Crippen molar-refractivity contribution in [3.8, 4) is 5.75 Å². The van der Waals surface area contributed by atoms with Crippen molar-refractivity contribution in [3.05, 3.63) is 29.3 Å². The number of halogens is 1. The molecule has 1 aliphatic rings. The van der Waals surface area contributed by atoms with Crippen LogP contribution in [0.4, 0.5) is 23.3 Å². The molecule has 0 atom stereocenters. The number of carbonyl (C=O) groups excluding carboxylic acids is 1. The van der Waals surface area contributed by atoms with Crippen molar-refractivity contribution < 1.29 is 9.53 Å². The van der Waals surface area contributed by atoms with E-state index in [2.05, 4.69) is 9.97 Å². The number of nitrogen functional groups attached to an aromatic ring is 3. The highest BCUT2D eigenvalue weighted by Gasteiger charge is 2.24. The number of ether oxygens (including phenoxy) is 1. The highest BCUT2D eigenvalue weighted by Crippen LogP contribution is 2.26. The molecule has 1 amide bonds. The van der Waals surface area contributed by atoms with Crippen LogP contribution in [0.3, 0.4) is 0 Å². The van der Waals surface area contributed by atoms with Crippen molar-refractivity contribution in [1.29, 1.82) is 0 Å². The molecule has 1 fully saturated rings. The predicted octanol–water partition coefficient (Wildman–Crippen LogP) is 0.604. The monoisotopic (exact) mass is 377 g/mol. The third kappa shape index (κ3) is 3.99. The minimum Gasteiger partial charge on any atom is -0.484 e. The van der Waals surface area contributed by atoms with Crippen molar-refractivity contribution in [2.75, 3.05) is 54.9 Å². The van der Waals surface area contributed by atoms with E-state index in [-0.39, 0.29) is 24.3 Å². The number of amides is 1. The van der Waals surface area contributed by atoms with Crippen LogP contribution in [0.2, 0.25) is 5.02 Å². The van der Waals surface area contributed by atoms with E-state index in [0.717, 1.165) is 0 Å². The van der Waals surface area contributed by atoms with Gasteiger partial charge in [-0.25, -0.2) is 0 Å². The van der Waals surface area contributed by atoms with E-state index in [1.807, 2.05) is 4.90 Å². The molecule has 2 aromatic rings. The Kier molecular flexibility index (Phi) is 5.17. The Hall–Kier alpha value is -2.94. The van der Waals surface area contributed by atoms with Crippen LogP contribution < -0.4 is 26.8 Å². The van der Waals surface area contributed by atoms with Crippen molar-refractivity contribution in [1.82, 2.24) is 14.9 Å². The lowest BCUT2D eigenvalue weighted by Gasteiger charge is -2.35. The van der Waals surface area contributed by atoms with Gasteiger partial charge in [-0.15, -0.1) is 0 Å². The lowest BCUT2D eigenvalue weighted by molar-refractivity contribution is -0.133. The third-order valence-corrected chi connectivity index (χ3v) is 4.33. The van der Waals surface area contributed by atoms with Gasteiger partial charge in [0, 0.05) is 31.2 Å². The second kappa shape index (κ2) is 7.52. The summed E-state index contributed by atoms with van der Waals surface area (Å²) in [5, 5.41) is 0.616. The molecule has 0 bridgehead atoms. The minimum absolute atomic E-state index is 0.0306. The fourth-order valence-corrected chi connectivity index (χ4v) is 2.79. The van der Waals surface area contributed by atoms with Gasteiger partial charge < -0.3 is 31.7 Å². The minimum atomic E-state index is -0.0886. The maximum atomic E-state index is 12.3. The van der Waals surface area contributed by atoms with Crippen molar-refractivity contribution >= 4 is 40.8 Å². The number of carbonyl (C=O) groups is 1. The molecule has 10 heteroatoms. The second-order valence-electron chi connectivity index (χ2n) is 5.81. The first-order chi connectivity index (χ1) is 12.4. The van der Waals surface area contributed by atoms with Gasteiger partial charge >= 0.3 is 0 Å². The molecule has 1 aromatic heterocycles. The number of piperazine rings is 1. The zero-order valence-corrected chi connectivity index (χ0v) is 14.8. The molecule has 0 saturated carbocycles. The highest BCUT2D eigenvalue weighted by molar-refractivity contribution is 6.30. The summed E-state index contributed by atoms with van der Waals surface area (Å²) in [6.45, 7) is 2.13. The van der Waals surface area contributed by atoms with Gasteiger partial charge in [0.05, 0.1) is 0 Å². The Balaban J connectivity index is 1.55. The summed E-state index contributed by atoms with van der Waals surface area (Å²) >= 11 is 5.82. The van der Waals surface area contributed by atoms with Gasteiger partial charge in [-0.1, -0.05) is 11.6 Å². The zero-order valence-electron chi connectivity index (χ0n) is 14.1. The van der Waals surface area contributed by atoms with Crippen molar-refractivity contribution in [2.45, 2.75) is 0 Å². The van der Waals surface area contributed by atoms with Gasteiger partial charge in [0.1, 0.15) is 11.4 Å². The molecule has 2 heterocycles. The van der Waals surface area contributed by atoms with E-state index in [4.69, 9.17) is 33.5 Å². The van der Waals surface area contributed by atoms with Crippen molar-refractivity contribution in [3.63, 3.8) is 0 Å². The SMILES string of the molecule is Nc1nc(N)c(N)c(N2CCN(C(=O)COc3ccc(Cl)cc3)CC2)n1. The lowest BCUT2D eigenvalue weighted by Crippen LogP contribution is -2.50. The van der Waals surface area contributed by atoms with E-state index >= 15 is 0 Å².